The summed E-state index contributed by atoms with van der Waals surface area (Å²) in [6.07, 6.45) is 1.91. The van der Waals surface area contributed by atoms with Gasteiger partial charge in [-0.2, -0.15) is 0 Å². The van der Waals surface area contributed by atoms with Crippen molar-refractivity contribution in [3.05, 3.63) is 99.5 Å². The Morgan fingerprint density at radius 3 is 2.63 bits per heavy atom. The number of hydrogen-bond acceptors (Lipinski definition) is 3. The summed E-state index contributed by atoms with van der Waals surface area (Å²) in [5.41, 5.74) is 5.23. The van der Waals surface area contributed by atoms with Crippen LogP contribution in [0.25, 0.3) is 0 Å². The molecule has 1 atom stereocenters. The van der Waals surface area contributed by atoms with Crippen molar-refractivity contribution in [1.29, 1.82) is 0 Å². The second-order valence-corrected chi connectivity index (χ2v) is 8.72. The van der Waals surface area contributed by atoms with E-state index in [1.807, 2.05) is 12.1 Å². The van der Waals surface area contributed by atoms with Crippen LogP contribution in [0, 0.1) is 0 Å². The van der Waals surface area contributed by atoms with Gasteiger partial charge >= 0.3 is 0 Å². The maximum absolute atomic E-state index is 6.17. The molecule has 1 unspecified atom stereocenters. The summed E-state index contributed by atoms with van der Waals surface area (Å²) < 4.78 is 12.9. The number of methoxy groups -OCH3 is 1. The molecule has 4 rings (SSSR count). The average molecular weight is 466 g/mol. The topological polar surface area (TPSA) is 21.7 Å². The third kappa shape index (κ3) is 5.31. The van der Waals surface area contributed by atoms with Crippen molar-refractivity contribution in [2.75, 3.05) is 20.3 Å². The van der Waals surface area contributed by atoms with Crippen LogP contribution in [0.1, 0.15) is 22.3 Å². The number of para-hydroxylation sites is 1. The first-order valence-electron chi connectivity index (χ1n) is 10.5. The Morgan fingerprint density at radius 2 is 1.80 bits per heavy atom. The molecular formula is C26H28BrNO2. The fourth-order valence-corrected chi connectivity index (χ4v) is 4.62. The van der Waals surface area contributed by atoms with Gasteiger partial charge in [-0.05, 0) is 53.3 Å². The molecule has 0 N–H and O–H groups in total. The van der Waals surface area contributed by atoms with Gasteiger partial charge in [0, 0.05) is 23.6 Å². The van der Waals surface area contributed by atoms with Gasteiger partial charge in [0.15, 0.2) is 0 Å². The Kier molecular flexibility index (Phi) is 7.21. The molecule has 1 aliphatic heterocycles. The molecule has 0 saturated carbocycles. The van der Waals surface area contributed by atoms with Gasteiger partial charge in [-0.25, -0.2) is 0 Å². The molecule has 3 aromatic carbocycles. The zero-order chi connectivity index (χ0) is 20.8. The van der Waals surface area contributed by atoms with Crippen molar-refractivity contribution in [3.63, 3.8) is 0 Å². The summed E-state index contributed by atoms with van der Waals surface area (Å²) in [5, 5.41) is 0. The molecule has 0 fully saturated rings. The number of halogens is 1. The normalized spacial score (nSPS) is 17.1. The lowest BCUT2D eigenvalue weighted by Crippen LogP contribution is -2.42. The summed E-state index contributed by atoms with van der Waals surface area (Å²) in [6, 6.07) is 25.9. The third-order valence-corrected chi connectivity index (χ3v) is 6.29. The van der Waals surface area contributed by atoms with Gasteiger partial charge in [0.05, 0.1) is 20.3 Å². The Morgan fingerprint density at radius 1 is 1.00 bits per heavy atom. The Labute approximate surface area is 187 Å². The molecule has 0 bridgehead atoms. The van der Waals surface area contributed by atoms with E-state index < -0.39 is 0 Å². The van der Waals surface area contributed by atoms with E-state index in [1.54, 1.807) is 7.11 Å². The lowest BCUT2D eigenvalue weighted by Gasteiger charge is -2.34. The van der Waals surface area contributed by atoms with E-state index in [9.17, 15) is 0 Å². The number of benzene rings is 3. The van der Waals surface area contributed by atoms with Crippen LogP contribution in [0.2, 0.25) is 0 Å². The molecule has 4 heteroatoms. The van der Waals surface area contributed by atoms with Crippen LogP contribution in [0.3, 0.4) is 0 Å². The highest BCUT2D eigenvalue weighted by molar-refractivity contribution is 9.10. The highest BCUT2D eigenvalue weighted by Crippen LogP contribution is 2.24. The number of hydrogen-bond donors (Lipinski definition) is 0. The predicted octanol–water partition coefficient (Wildman–Crippen LogP) is 5.64. The fraction of sp³-hybridized carbons (Fsp3) is 0.308. The van der Waals surface area contributed by atoms with Gasteiger partial charge in [-0.15, -0.1) is 0 Å². The van der Waals surface area contributed by atoms with E-state index in [0.717, 1.165) is 42.8 Å². The van der Waals surface area contributed by atoms with Crippen molar-refractivity contribution < 1.29 is 9.47 Å². The summed E-state index contributed by atoms with van der Waals surface area (Å²) >= 11 is 3.61. The van der Waals surface area contributed by atoms with Gasteiger partial charge in [0.1, 0.15) is 5.75 Å². The quantitative estimate of drug-likeness (QED) is 0.469. The zero-order valence-corrected chi connectivity index (χ0v) is 19.0. The van der Waals surface area contributed by atoms with Crippen LogP contribution in [0.5, 0.6) is 5.75 Å². The maximum Gasteiger partial charge on any atom is 0.122 e. The van der Waals surface area contributed by atoms with Crippen LogP contribution >= 0.6 is 15.9 Å². The largest absolute Gasteiger partial charge is 0.496 e. The van der Waals surface area contributed by atoms with E-state index in [0.29, 0.717) is 12.6 Å². The van der Waals surface area contributed by atoms with Crippen LogP contribution in [0.4, 0.5) is 0 Å². The second kappa shape index (κ2) is 10.3. The summed E-state index contributed by atoms with van der Waals surface area (Å²) in [4.78, 5) is 2.57. The standard InChI is InChI=1S/C26H28BrNO2/c1-29-26-12-5-4-8-21(26)13-14-28-17-22-9-2-3-10-23(22)18-30-19-25(28)16-20-7-6-11-24(27)15-20/h2-12,15,25H,13-14,16-19H2,1H3. The van der Waals surface area contributed by atoms with Gasteiger partial charge < -0.3 is 9.47 Å². The Balaban J connectivity index is 1.57. The van der Waals surface area contributed by atoms with Crippen LogP contribution in [-0.4, -0.2) is 31.2 Å². The summed E-state index contributed by atoms with van der Waals surface area (Å²) in [6.45, 7) is 3.31. The molecule has 0 aromatic heterocycles. The minimum atomic E-state index is 0.322. The second-order valence-electron chi connectivity index (χ2n) is 7.80. The molecule has 30 heavy (non-hydrogen) atoms. The van der Waals surface area contributed by atoms with Crippen molar-refractivity contribution in [1.82, 2.24) is 4.90 Å². The number of rotatable bonds is 6. The maximum atomic E-state index is 6.17. The molecule has 1 aliphatic rings. The van der Waals surface area contributed by atoms with E-state index in [-0.39, 0.29) is 0 Å². The lowest BCUT2D eigenvalue weighted by molar-refractivity contribution is 0.0374. The van der Waals surface area contributed by atoms with Gasteiger partial charge in [0.2, 0.25) is 0 Å². The van der Waals surface area contributed by atoms with Crippen LogP contribution in [-0.2, 0) is 30.7 Å². The number of ether oxygens (including phenoxy) is 2. The molecule has 156 valence electrons. The van der Waals surface area contributed by atoms with E-state index in [1.165, 1.54) is 22.3 Å². The fourth-order valence-electron chi connectivity index (χ4n) is 4.17. The Bertz CT molecular complexity index is 975. The minimum absolute atomic E-state index is 0.322. The van der Waals surface area contributed by atoms with Crippen molar-refractivity contribution in [2.45, 2.75) is 32.0 Å². The van der Waals surface area contributed by atoms with Crippen molar-refractivity contribution in [2.24, 2.45) is 0 Å². The first-order chi connectivity index (χ1) is 14.7. The third-order valence-electron chi connectivity index (χ3n) is 5.80. The van der Waals surface area contributed by atoms with Gasteiger partial charge in [-0.1, -0.05) is 70.5 Å². The minimum Gasteiger partial charge on any atom is -0.496 e. The number of fused-ring (bicyclic) bond motifs is 1. The monoisotopic (exact) mass is 465 g/mol. The zero-order valence-electron chi connectivity index (χ0n) is 17.4. The summed E-state index contributed by atoms with van der Waals surface area (Å²) in [5.74, 6) is 0.963. The molecule has 3 nitrogen and oxygen atoms in total. The van der Waals surface area contributed by atoms with Gasteiger partial charge in [0.25, 0.3) is 0 Å². The molecule has 1 heterocycles. The lowest BCUT2D eigenvalue weighted by atomic mass is 10.0. The molecule has 0 saturated heterocycles. The summed E-state index contributed by atoms with van der Waals surface area (Å²) in [7, 11) is 1.75. The molecule has 0 spiro atoms. The molecular weight excluding hydrogens is 438 g/mol. The van der Waals surface area contributed by atoms with E-state index >= 15 is 0 Å². The van der Waals surface area contributed by atoms with Crippen molar-refractivity contribution in [3.8, 4) is 5.75 Å². The molecule has 0 radical (unpaired) electrons. The van der Waals surface area contributed by atoms with E-state index in [4.69, 9.17) is 9.47 Å². The van der Waals surface area contributed by atoms with Crippen molar-refractivity contribution >= 4 is 15.9 Å². The highest BCUT2D eigenvalue weighted by Gasteiger charge is 2.23. The highest BCUT2D eigenvalue weighted by atomic mass is 79.9. The Hall–Kier alpha value is -2.14. The number of nitrogens with zero attached hydrogens (tertiary/aromatic N) is 1. The molecule has 0 aliphatic carbocycles. The smallest absolute Gasteiger partial charge is 0.122 e. The first-order valence-corrected chi connectivity index (χ1v) is 11.3. The van der Waals surface area contributed by atoms with Gasteiger partial charge in [-0.3, -0.25) is 4.90 Å². The average Bonchev–Trinajstić information content (AvgIpc) is 2.75. The predicted molar refractivity (Wildman–Crippen MR) is 125 cm³/mol. The van der Waals surface area contributed by atoms with Crippen LogP contribution in [0.15, 0.2) is 77.3 Å². The SMILES string of the molecule is COc1ccccc1CCN1Cc2ccccc2COCC1Cc1cccc(Br)c1. The van der Waals surface area contributed by atoms with Crippen LogP contribution < -0.4 is 4.74 Å². The molecule has 0 amide bonds. The molecule has 3 aromatic rings. The first kappa shape index (κ1) is 21.1. The van der Waals surface area contributed by atoms with E-state index in [2.05, 4.69) is 81.5 Å².